The zero-order valence-electron chi connectivity index (χ0n) is 17.3. The molecule has 0 saturated carbocycles. The van der Waals surface area contributed by atoms with E-state index in [1.54, 1.807) is 30.3 Å². The van der Waals surface area contributed by atoms with E-state index < -0.39 is 18.1 Å². The summed E-state index contributed by atoms with van der Waals surface area (Å²) in [5, 5.41) is 11.5. The Bertz CT molecular complexity index is 1290. The molecule has 6 nitrogen and oxygen atoms in total. The van der Waals surface area contributed by atoms with Crippen molar-refractivity contribution in [1.29, 1.82) is 0 Å². The molecule has 170 valence electrons. The van der Waals surface area contributed by atoms with E-state index in [1.165, 1.54) is 18.2 Å². The summed E-state index contributed by atoms with van der Waals surface area (Å²) in [6, 6.07) is 14.7. The maximum Gasteiger partial charge on any atom is 0.264 e. The second-order valence-electron chi connectivity index (χ2n) is 7.23. The topological polar surface area (TPSA) is 87.2 Å². The molecular weight excluding hydrogens is 435 g/mol. The summed E-state index contributed by atoms with van der Waals surface area (Å²) >= 11 is 0. The first kappa shape index (κ1) is 22.3. The summed E-state index contributed by atoms with van der Waals surface area (Å²) in [4.78, 5) is 20.1. The molecule has 0 atom stereocenters. The van der Waals surface area contributed by atoms with Crippen LogP contribution in [0.2, 0.25) is 0 Å². The number of H-pyrrole nitrogens is 1. The lowest BCUT2D eigenvalue weighted by Crippen LogP contribution is -2.13. The van der Waals surface area contributed by atoms with Gasteiger partial charge >= 0.3 is 0 Å². The van der Waals surface area contributed by atoms with Gasteiger partial charge < -0.3 is 20.1 Å². The molecule has 0 unspecified atom stereocenters. The molecule has 33 heavy (non-hydrogen) atoms. The van der Waals surface area contributed by atoms with Crippen molar-refractivity contribution in [1.82, 2.24) is 9.97 Å². The van der Waals surface area contributed by atoms with Gasteiger partial charge in [-0.05, 0) is 24.3 Å². The SMILES string of the molecule is O=C(Nc1cccc(OCCCO)c1)c1cc(F)cc2[nH]c(-c3ccccc3C(F)F)nc12. The number of imidazole rings is 1. The third kappa shape index (κ3) is 4.98. The van der Waals surface area contributed by atoms with Crippen LogP contribution in [0.3, 0.4) is 0 Å². The van der Waals surface area contributed by atoms with Crippen molar-refractivity contribution in [3.05, 3.63) is 77.6 Å². The molecule has 1 amide bonds. The normalized spacial score (nSPS) is 11.2. The Morgan fingerprint density at radius 1 is 1.12 bits per heavy atom. The number of nitrogens with zero attached hydrogens (tertiary/aromatic N) is 1. The molecule has 3 N–H and O–H groups in total. The van der Waals surface area contributed by atoms with E-state index >= 15 is 0 Å². The zero-order chi connectivity index (χ0) is 23.4. The molecule has 0 aliphatic rings. The van der Waals surface area contributed by atoms with Gasteiger partial charge in [0.15, 0.2) is 0 Å². The van der Waals surface area contributed by atoms with Crippen LogP contribution >= 0.6 is 0 Å². The molecule has 0 aliphatic heterocycles. The summed E-state index contributed by atoms with van der Waals surface area (Å²) in [6.45, 7) is 0.313. The van der Waals surface area contributed by atoms with E-state index in [9.17, 15) is 18.0 Å². The van der Waals surface area contributed by atoms with Crippen molar-refractivity contribution >= 4 is 22.6 Å². The highest BCUT2D eigenvalue weighted by Crippen LogP contribution is 2.31. The fourth-order valence-electron chi connectivity index (χ4n) is 3.40. The van der Waals surface area contributed by atoms with Crippen LogP contribution in [0.5, 0.6) is 5.75 Å². The maximum atomic E-state index is 14.3. The molecule has 0 spiro atoms. The Morgan fingerprint density at radius 2 is 1.94 bits per heavy atom. The van der Waals surface area contributed by atoms with Gasteiger partial charge in [0, 0.05) is 35.9 Å². The smallest absolute Gasteiger partial charge is 0.264 e. The van der Waals surface area contributed by atoms with Crippen molar-refractivity contribution in [3.63, 3.8) is 0 Å². The van der Waals surface area contributed by atoms with Gasteiger partial charge in [-0.1, -0.05) is 30.3 Å². The van der Waals surface area contributed by atoms with Crippen LogP contribution in [0.1, 0.15) is 28.8 Å². The van der Waals surface area contributed by atoms with E-state index in [4.69, 9.17) is 9.84 Å². The molecule has 0 fully saturated rings. The standard InChI is InChI=1S/C24H20F3N3O3/c25-14-11-19(24(32)28-15-5-3-6-16(13-15)33-10-4-9-31)21-20(12-14)29-23(30-21)18-8-2-1-7-17(18)22(26)27/h1-3,5-8,11-13,22,31H,4,9-10H2,(H,28,32)(H,29,30). The van der Waals surface area contributed by atoms with Gasteiger partial charge in [-0.25, -0.2) is 18.2 Å². The molecule has 0 bridgehead atoms. The van der Waals surface area contributed by atoms with Gasteiger partial charge in [-0.3, -0.25) is 4.79 Å². The Morgan fingerprint density at radius 3 is 2.73 bits per heavy atom. The highest BCUT2D eigenvalue weighted by molar-refractivity contribution is 6.12. The van der Waals surface area contributed by atoms with Crippen LogP contribution in [-0.4, -0.2) is 34.2 Å². The lowest BCUT2D eigenvalue weighted by Gasteiger charge is -2.09. The number of amides is 1. The third-order valence-corrected chi connectivity index (χ3v) is 4.91. The Kier molecular flexibility index (Phi) is 6.60. The van der Waals surface area contributed by atoms with E-state index in [0.717, 1.165) is 12.1 Å². The first-order valence-corrected chi connectivity index (χ1v) is 10.2. The van der Waals surface area contributed by atoms with Gasteiger partial charge in [0.25, 0.3) is 12.3 Å². The van der Waals surface area contributed by atoms with Crippen molar-refractivity contribution in [2.24, 2.45) is 0 Å². The number of fused-ring (bicyclic) bond motifs is 1. The number of rotatable bonds is 8. The van der Waals surface area contributed by atoms with E-state index in [0.29, 0.717) is 24.5 Å². The minimum atomic E-state index is -2.72. The largest absolute Gasteiger partial charge is 0.493 e. The summed E-state index contributed by atoms with van der Waals surface area (Å²) in [5.41, 5.74) is 0.680. The average Bonchev–Trinajstić information content (AvgIpc) is 3.22. The Labute approximate surface area is 187 Å². The van der Waals surface area contributed by atoms with Crippen LogP contribution in [0.25, 0.3) is 22.4 Å². The number of ether oxygens (including phenoxy) is 1. The molecule has 4 aromatic rings. The van der Waals surface area contributed by atoms with E-state index in [2.05, 4.69) is 15.3 Å². The second kappa shape index (κ2) is 9.74. The van der Waals surface area contributed by atoms with Crippen molar-refractivity contribution in [3.8, 4) is 17.1 Å². The predicted octanol–water partition coefficient (Wildman–Crippen LogP) is 5.32. The van der Waals surface area contributed by atoms with Gasteiger partial charge in [-0.15, -0.1) is 0 Å². The van der Waals surface area contributed by atoms with Crippen LogP contribution < -0.4 is 10.1 Å². The molecule has 3 aromatic carbocycles. The number of benzene rings is 3. The average molecular weight is 455 g/mol. The minimum absolute atomic E-state index is 0.000558. The van der Waals surface area contributed by atoms with Crippen LogP contribution in [0, 0.1) is 5.82 Å². The molecule has 4 rings (SSSR count). The number of carbonyl (C=O) groups is 1. The number of aromatic nitrogens is 2. The number of hydrogen-bond donors (Lipinski definition) is 3. The van der Waals surface area contributed by atoms with Gasteiger partial charge in [-0.2, -0.15) is 0 Å². The molecule has 0 radical (unpaired) electrons. The number of anilines is 1. The Hall–Kier alpha value is -3.85. The molecule has 0 saturated heterocycles. The first-order chi connectivity index (χ1) is 16.0. The highest BCUT2D eigenvalue weighted by Gasteiger charge is 2.20. The predicted molar refractivity (Wildman–Crippen MR) is 118 cm³/mol. The summed E-state index contributed by atoms with van der Waals surface area (Å²) < 4.78 is 46.6. The lowest BCUT2D eigenvalue weighted by molar-refractivity contribution is 0.102. The summed E-state index contributed by atoms with van der Waals surface area (Å²) in [7, 11) is 0. The second-order valence-corrected chi connectivity index (χ2v) is 7.23. The number of aliphatic hydroxyl groups excluding tert-OH is 1. The number of hydrogen-bond acceptors (Lipinski definition) is 4. The van der Waals surface area contributed by atoms with E-state index in [1.807, 2.05) is 0 Å². The van der Waals surface area contributed by atoms with Gasteiger partial charge in [0.1, 0.15) is 22.9 Å². The monoisotopic (exact) mass is 455 g/mol. The van der Waals surface area contributed by atoms with Gasteiger partial charge in [0.2, 0.25) is 0 Å². The molecular formula is C24H20F3N3O3. The third-order valence-electron chi connectivity index (χ3n) is 4.91. The fourth-order valence-corrected chi connectivity index (χ4v) is 3.40. The quantitative estimate of drug-likeness (QED) is 0.314. The number of aliphatic hydroxyl groups is 1. The van der Waals surface area contributed by atoms with E-state index in [-0.39, 0.29) is 40.2 Å². The summed E-state index contributed by atoms with van der Waals surface area (Å²) in [5.74, 6) is -0.686. The minimum Gasteiger partial charge on any atom is -0.493 e. The number of aromatic amines is 1. The van der Waals surface area contributed by atoms with Crippen LogP contribution in [-0.2, 0) is 0 Å². The Balaban J connectivity index is 1.66. The molecule has 1 heterocycles. The van der Waals surface area contributed by atoms with Gasteiger partial charge in [0.05, 0.1) is 17.7 Å². The number of carbonyl (C=O) groups excluding carboxylic acids is 1. The van der Waals surface area contributed by atoms with Crippen molar-refractivity contribution in [2.75, 3.05) is 18.5 Å². The molecule has 0 aliphatic carbocycles. The number of alkyl halides is 2. The summed E-state index contributed by atoms with van der Waals surface area (Å²) in [6.07, 6.45) is -2.26. The lowest BCUT2D eigenvalue weighted by atomic mass is 10.1. The highest BCUT2D eigenvalue weighted by atomic mass is 19.3. The van der Waals surface area contributed by atoms with Crippen LogP contribution in [0.4, 0.5) is 18.9 Å². The molecule has 9 heteroatoms. The number of halogens is 3. The van der Waals surface area contributed by atoms with Crippen molar-refractivity contribution < 1.29 is 27.8 Å². The number of nitrogens with one attached hydrogen (secondary N) is 2. The zero-order valence-corrected chi connectivity index (χ0v) is 17.3. The van der Waals surface area contributed by atoms with Crippen molar-refractivity contribution in [2.45, 2.75) is 12.8 Å². The van der Waals surface area contributed by atoms with Crippen LogP contribution in [0.15, 0.2) is 60.7 Å². The maximum absolute atomic E-state index is 14.3. The fraction of sp³-hybridized carbons (Fsp3) is 0.167. The molecule has 1 aromatic heterocycles. The first-order valence-electron chi connectivity index (χ1n) is 10.2.